The molecule has 0 radical (unpaired) electrons. The van der Waals surface area contributed by atoms with E-state index in [1.54, 1.807) is 11.1 Å². The Hall–Kier alpha value is -7.99. The number of unbranched alkanes of at least 4 members (excludes halogenated alkanes) is 20. The summed E-state index contributed by atoms with van der Waals surface area (Å²) in [5.74, 6) is 0. The molecule has 10 heteroatoms. The molecular formula is C120H138B2Br2O4S2. The van der Waals surface area contributed by atoms with Crippen LogP contribution in [0.5, 0.6) is 0 Å². The zero-order chi connectivity index (χ0) is 91.0. The fourth-order valence-corrected chi connectivity index (χ4v) is 23.7. The molecule has 2 fully saturated rings. The van der Waals surface area contributed by atoms with Gasteiger partial charge in [-0.05, 0) is 324 Å². The van der Waals surface area contributed by atoms with Gasteiger partial charge in [-0.3, -0.25) is 0 Å². The van der Waals surface area contributed by atoms with Gasteiger partial charge in [0, 0.05) is 39.3 Å². The monoisotopic (exact) mass is 1890 g/mol. The number of fused-ring (bicyclic) bond motifs is 12. The Kier molecular flexibility index (Phi) is 30.7. The van der Waals surface area contributed by atoms with Crippen molar-refractivity contribution >= 4 is 103 Å². The lowest BCUT2D eigenvalue weighted by molar-refractivity contribution is 0.00578. The highest BCUT2D eigenvalue weighted by atomic mass is 79.9. The summed E-state index contributed by atoms with van der Waals surface area (Å²) >= 11 is 10.9. The lowest BCUT2D eigenvalue weighted by Gasteiger charge is -2.33. The first-order valence-corrected chi connectivity index (χ1v) is 52.9. The van der Waals surface area contributed by atoms with Gasteiger partial charge in [0.05, 0.1) is 22.4 Å². The van der Waals surface area contributed by atoms with E-state index in [0.29, 0.717) is 0 Å². The standard InChI is InChI=1S/C60H62S.C41H64B2O4.C19H12Br2S/c1-4-6-8-10-12-20-36-60(37-21-13-11-9-7-5-2)58-40-48(45-24-18-15-19-25-45)29-34-53(58)54-35-30-49(41-59(54)60)47-28-33-52-51-32-27-46(44-22-16-14-17-23-44)38-55(51)57(56(52)39-47)42-50-31-26-43(3)61-50;1-11-13-15-17-19-21-27-41(28-22-20-18-16-14-12-2)35-29-31(42-44-37(3,4)38(5,6)45-42)23-25-33(35)34-26-24-32(30-36(34)41)43-46-39(7,8)40(9,10)47-43;1-11-2-5-14(22-11)10-19-17-8-12(20)3-6-15(17)16-7-4-13(21)9-18(16)19/h14-19,22-35,38-42H,4-13,20-21,36-37H2,1-3H3;23-26,29-30H,11-22,27-28H2,1-10H3;2-10H,1H3/b57-42-;;. The maximum absolute atomic E-state index is 6.60. The predicted molar refractivity (Wildman–Crippen MR) is 570 cm³/mol. The largest absolute Gasteiger partial charge is 0.494 e. The molecule has 18 rings (SSSR count). The minimum Gasteiger partial charge on any atom is -0.399 e. The van der Waals surface area contributed by atoms with E-state index in [4.69, 9.17) is 18.6 Å². The average molecular weight is 1890 g/mol. The molecule has 0 N–H and O–H groups in total. The van der Waals surface area contributed by atoms with Crippen molar-refractivity contribution in [1.82, 2.24) is 0 Å². The van der Waals surface area contributed by atoms with Gasteiger partial charge in [-0.2, -0.15) is 0 Å². The van der Waals surface area contributed by atoms with Crippen LogP contribution in [0.25, 0.3) is 101 Å². The summed E-state index contributed by atoms with van der Waals surface area (Å²) in [5.41, 5.74) is 33.4. The average Bonchev–Trinajstić information content (AvgIpc) is 1.56. The summed E-state index contributed by atoms with van der Waals surface area (Å²) in [4.78, 5) is 5.29. The van der Waals surface area contributed by atoms with Crippen LogP contribution in [0.2, 0.25) is 0 Å². The van der Waals surface area contributed by atoms with E-state index in [2.05, 4.69) is 371 Å². The molecule has 4 aliphatic carbocycles. The topological polar surface area (TPSA) is 36.9 Å². The SMILES string of the molecule is CCCCCCCCC1(CCCCCCCC)c2cc(-c3ccccc3)ccc2-c2ccc(-c3ccc4c(c3)/C(=C\c3ccc(C)s3)c3cc(-c5ccccc5)ccc3-4)cc21.CCCCCCCCC1(CCCCCCCC)c2cc(B3OC(C)(C)C(C)(C)O3)ccc2-c2ccc(B3OC(C)(C)C(C)(C)O3)cc21.Cc1ccc(C=C2c3cc(Br)ccc3-c3ccc(Br)cc32)s1. The smallest absolute Gasteiger partial charge is 0.399 e. The van der Waals surface area contributed by atoms with Gasteiger partial charge in [-0.25, -0.2) is 0 Å². The molecule has 0 unspecified atom stereocenters. The quantitative estimate of drug-likeness (QED) is 0.0293. The summed E-state index contributed by atoms with van der Waals surface area (Å²) in [5, 5.41) is 0. The number of hydrogen-bond donors (Lipinski definition) is 0. The lowest BCUT2D eigenvalue weighted by atomic mass is 9.67. The van der Waals surface area contributed by atoms with Gasteiger partial charge >= 0.3 is 14.2 Å². The predicted octanol–water partition coefficient (Wildman–Crippen LogP) is 35.6. The zero-order valence-corrected chi connectivity index (χ0v) is 85.1. The Bertz CT molecular complexity index is 5790. The molecule has 0 bridgehead atoms. The Labute approximate surface area is 806 Å². The molecule has 6 aliphatic rings. The van der Waals surface area contributed by atoms with E-state index < -0.39 is 0 Å². The van der Waals surface area contributed by atoms with E-state index >= 15 is 0 Å². The fourth-order valence-electron chi connectivity index (χ4n) is 21.3. The fraction of sp³-hybridized carbons (Fsp3) is 0.400. The summed E-state index contributed by atoms with van der Waals surface area (Å²) in [7, 11) is -0.731. The van der Waals surface area contributed by atoms with E-state index in [1.807, 2.05) is 22.7 Å². The second-order valence-corrected chi connectivity index (χ2v) is 44.7. The van der Waals surface area contributed by atoms with Crippen LogP contribution in [-0.4, -0.2) is 36.6 Å². The maximum atomic E-state index is 6.60. The minimum atomic E-state index is -0.370. The van der Waals surface area contributed by atoms with E-state index in [9.17, 15) is 0 Å². The van der Waals surface area contributed by atoms with Crippen molar-refractivity contribution in [1.29, 1.82) is 0 Å². The van der Waals surface area contributed by atoms with Crippen LogP contribution in [-0.2, 0) is 29.4 Å². The van der Waals surface area contributed by atoms with Gasteiger partial charge in [0.25, 0.3) is 0 Å². The van der Waals surface area contributed by atoms with Crippen LogP contribution in [0.3, 0.4) is 0 Å². The molecule has 12 aromatic rings. The maximum Gasteiger partial charge on any atom is 0.494 e. The molecule has 0 amide bonds. The van der Waals surface area contributed by atoms with Crippen molar-refractivity contribution in [2.24, 2.45) is 0 Å². The summed E-state index contributed by atoms with van der Waals surface area (Å²) in [6.07, 6.45) is 41.0. The molecule has 0 saturated carbocycles. The van der Waals surface area contributed by atoms with Crippen molar-refractivity contribution in [3.63, 3.8) is 0 Å². The lowest BCUT2D eigenvalue weighted by Crippen LogP contribution is -2.41. The van der Waals surface area contributed by atoms with Crippen molar-refractivity contribution in [2.75, 3.05) is 0 Å². The van der Waals surface area contributed by atoms with Crippen LogP contribution in [0.1, 0.15) is 327 Å². The summed E-state index contributed by atoms with van der Waals surface area (Å²) in [6, 6.07) is 87.3. The first kappa shape index (κ1) is 95.2. The molecule has 130 heavy (non-hydrogen) atoms. The third kappa shape index (κ3) is 20.5. The van der Waals surface area contributed by atoms with Crippen LogP contribution in [0.4, 0.5) is 0 Å². The number of rotatable bonds is 35. The van der Waals surface area contributed by atoms with Crippen LogP contribution >= 0.6 is 54.5 Å². The Balaban J connectivity index is 0.000000157. The molecule has 10 aromatic carbocycles. The van der Waals surface area contributed by atoms with Crippen molar-refractivity contribution in [3.8, 4) is 77.9 Å². The highest BCUT2D eigenvalue weighted by molar-refractivity contribution is 9.10. The molecule has 2 saturated heterocycles. The van der Waals surface area contributed by atoms with Crippen molar-refractivity contribution in [3.05, 3.63) is 303 Å². The van der Waals surface area contributed by atoms with Gasteiger partial charge in [0.15, 0.2) is 0 Å². The number of thiophene rings is 2. The zero-order valence-electron chi connectivity index (χ0n) is 80.3. The molecule has 2 aromatic heterocycles. The molecule has 0 atom stereocenters. The first-order chi connectivity index (χ1) is 62.8. The molecular weight excluding hydrogens is 1750 g/mol. The van der Waals surface area contributed by atoms with Crippen LogP contribution in [0, 0.1) is 13.8 Å². The van der Waals surface area contributed by atoms with Gasteiger partial charge < -0.3 is 18.6 Å². The van der Waals surface area contributed by atoms with Crippen molar-refractivity contribution < 1.29 is 18.6 Å². The molecule has 0 spiro atoms. The van der Waals surface area contributed by atoms with E-state index in [-0.39, 0.29) is 47.5 Å². The van der Waals surface area contributed by atoms with Crippen LogP contribution < -0.4 is 10.9 Å². The Morgan fingerprint density at radius 1 is 0.262 bits per heavy atom. The molecule has 2 aliphatic heterocycles. The van der Waals surface area contributed by atoms with Gasteiger partial charge in [0.2, 0.25) is 0 Å². The highest BCUT2D eigenvalue weighted by Gasteiger charge is 2.55. The number of hydrogen-bond acceptors (Lipinski definition) is 6. The first-order valence-electron chi connectivity index (χ1n) is 49.7. The Morgan fingerprint density at radius 3 is 0.854 bits per heavy atom. The minimum absolute atomic E-state index is 0.00385. The second kappa shape index (κ2) is 41.9. The van der Waals surface area contributed by atoms with Gasteiger partial charge in [-0.1, -0.05) is 371 Å². The molecule has 4 heterocycles. The number of benzene rings is 10. The molecule has 4 nitrogen and oxygen atoms in total. The Morgan fingerprint density at radius 2 is 0.531 bits per heavy atom. The van der Waals surface area contributed by atoms with E-state index in [1.165, 1.54) is 309 Å². The third-order valence-corrected chi connectivity index (χ3v) is 32.9. The summed E-state index contributed by atoms with van der Waals surface area (Å²) < 4.78 is 28.6. The normalized spacial score (nSPS) is 16.3. The van der Waals surface area contributed by atoms with Gasteiger partial charge in [-0.15, -0.1) is 22.7 Å². The second-order valence-electron chi connectivity index (χ2n) is 40.2. The highest BCUT2D eigenvalue weighted by Crippen LogP contribution is 2.59. The van der Waals surface area contributed by atoms with Crippen LogP contribution in [0.15, 0.2) is 239 Å². The summed E-state index contributed by atoms with van der Waals surface area (Å²) in [6.45, 7) is 30.8. The number of halogens is 2. The van der Waals surface area contributed by atoms with Crippen molar-refractivity contribution in [2.45, 2.75) is 310 Å². The van der Waals surface area contributed by atoms with Gasteiger partial charge in [0.1, 0.15) is 0 Å². The molecule has 674 valence electrons. The van der Waals surface area contributed by atoms with E-state index in [0.717, 1.165) is 32.7 Å². The number of aryl methyl sites for hydroxylation is 2. The third-order valence-electron chi connectivity index (χ3n) is 30.0.